The molecule has 0 unspecified atom stereocenters. The molecule has 1 amide bonds. The Balaban J connectivity index is 2.54. The molecule has 1 aromatic carbocycles. The highest BCUT2D eigenvalue weighted by molar-refractivity contribution is 9.09. The van der Waals surface area contributed by atoms with Gasteiger partial charge in [-0.1, -0.05) is 53.5 Å². The topological polar surface area (TPSA) is 29.1 Å². The van der Waals surface area contributed by atoms with Gasteiger partial charge in [-0.25, -0.2) is 0 Å². The van der Waals surface area contributed by atoms with E-state index in [4.69, 9.17) is 11.6 Å². The lowest BCUT2D eigenvalue weighted by atomic mass is 9.88. The standard InChI is InChI=1S/C14H19BrClNO/c1-14(2,8-5-9-15)10-17-13(18)11-6-3-4-7-12(11)16/h3-4,6-7H,5,8-10H2,1-2H3,(H,17,18). The van der Waals surface area contributed by atoms with E-state index in [-0.39, 0.29) is 11.3 Å². The normalized spacial score (nSPS) is 11.3. The summed E-state index contributed by atoms with van der Waals surface area (Å²) in [5.41, 5.74) is 0.639. The van der Waals surface area contributed by atoms with Crippen molar-refractivity contribution in [1.82, 2.24) is 5.32 Å². The molecule has 0 atom stereocenters. The summed E-state index contributed by atoms with van der Waals surface area (Å²) in [5, 5.41) is 4.44. The fourth-order valence-electron chi connectivity index (χ4n) is 1.69. The SMILES string of the molecule is CC(C)(CCCBr)CNC(=O)c1ccccc1Cl. The zero-order chi connectivity index (χ0) is 13.6. The third-order valence-corrected chi connectivity index (χ3v) is 3.72. The predicted molar refractivity (Wildman–Crippen MR) is 80.6 cm³/mol. The average Bonchev–Trinajstić information content (AvgIpc) is 2.34. The van der Waals surface area contributed by atoms with Gasteiger partial charge in [0, 0.05) is 11.9 Å². The minimum absolute atomic E-state index is 0.102. The summed E-state index contributed by atoms with van der Waals surface area (Å²) in [6.45, 7) is 4.97. The Morgan fingerprint density at radius 2 is 2.06 bits per heavy atom. The smallest absolute Gasteiger partial charge is 0.252 e. The highest BCUT2D eigenvalue weighted by Gasteiger charge is 2.19. The Kier molecular flexibility index (Phi) is 6.16. The highest BCUT2D eigenvalue weighted by Crippen LogP contribution is 2.22. The van der Waals surface area contributed by atoms with E-state index in [9.17, 15) is 4.79 Å². The molecular formula is C14H19BrClNO. The van der Waals surface area contributed by atoms with E-state index in [1.807, 2.05) is 12.1 Å². The minimum atomic E-state index is -0.104. The van der Waals surface area contributed by atoms with Crippen LogP contribution in [0.3, 0.4) is 0 Å². The number of carbonyl (C=O) groups excluding carboxylic acids is 1. The van der Waals surface area contributed by atoms with Crippen LogP contribution in [0.15, 0.2) is 24.3 Å². The zero-order valence-corrected chi connectivity index (χ0v) is 13.1. The quantitative estimate of drug-likeness (QED) is 0.774. The van der Waals surface area contributed by atoms with Gasteiger partial charge in [0.05, 0.1) is 10.6 Å². The molecular weight excluding hydrogens is 314 g/mol. The van der Waals surface area contributed by atoms with Crippen molar-refractivity contribution in [3.63, 3.8) is 0 Å². The van der Waals surface area contributed by atoms with Gasteiger partial charge >= 0.3 is 0 Å². The van der Waals surface area contributed by atoms with Gasteiger partial charge < -0.3 is 5.32 Å². The molecule has 0 saturated carbocycles. The summed E-state index contributed by atoms with van der Waals surface area (Å²) in [7, 11) is 0. The number of nitrogens with one attached hydrogen (secondary N) is 1. The lowest BCUT2D eigenvalue weighted by molar-refractivity contribution is 0.0934. The third kappa shape index (κ3) is 4.99. The van der Waals surface area contributed by atoms with Crippen LogP contribution in [0.5, 0.6) is 0 Å². The number of amides is 1. The van der Waals surface area contributed by atoms with Gasteiger partial charge in [-0.3, -0.25) is 4.79 Å². The predicted octanol–water partition coefficient (Wildman–Crippen LogP) is 4.27. The number of rotatable bonds is 6. The number of hydrogen-bond acceptors (Lipinski definition) is 1. The van der Waals surface area contributed by atoms with Gasteiger partial charge in [0.15, 0.2) is 0 Å². The lowest BCUT2D eigenvalue weighted by Gasteiger charge is -2.24. The van der Waals surface area contributed by atoms with E-state index in [2.05, 4.69) is 35.1 Å². The van der Waals surface area contributed by atoms with E-state index >= 15 is 0 Å². The molecule has 2 nitrogen and oxygen atoms in total. The van der Waals surface area contributed by atoms with Crippen LogP contribution in [0.25, 0.3) is 0 Å². The summed E-state index contributed by atoms with van der Waals surface area (Å²) in [4.78, 5) is 12.0. The number of alkyl halides is 1. The van der Waals surface area contributed by atoms with Crippen molar-refractivity contribution < 1.29 is 4.79 Å². The molecule has 18 heavy (non-hydrogen) atoms. The van der Waals surface area contributed by atoms with Gasteiger partial charge in [0.25, 0.3) is 5.91 Å². The molecule has 0 aliphatic carbocycles. The van der Waals surface area contributed by atoms with Crippen LogP contribution in [-0.4, -0.2) is 17.8 Å². The monoisotopic (exact) mass is 331 g/mol. The maximum absolute atomic E-state index is 12.0. The molecule has 0 aliphatic rings. The highest BCUT2D eigenvalue weighted by atomic mass is 79.9. The molecule has 1 rings (SSSR count). The second kappa shape index (κ2) is 7.15. The number of carbonyl (C=O) groups is 1. The second-order valence-electron chi connectivity index (χ2n) is 5.12. The maximum Gasteiger partial charge on any atom is 0.252 e. The van der Waals surface area contributed by atoms with Crippen molar-refractivity contribution in [2.45, 2.75) is 26.7 Å². The second-order valence-corrected chi connectivity index (χ2v) is 6.32. The fourth-order valence-corrected chi connectivity index (χ4v) is 2.20. The van der Waals surface area contributed by atoms with Crippen LogP contribution in [0, 0.1) is 5.41 Å². The van der Waals surface area contributed by atoms with E-state index in [0.29, 0.717) is 17.1 Å². The Bertz CT molecular complexity index is 407. The molecule has 4 heteroatoms. The van der Waals surface area contributed by atoms with E-state index in [0.717, 1.165) is 18.2 Å². The van der Waals surface area contributed by atoms with Crippen molar-refractivity contribution in [3.8, 4) is 0 Å². The fraction of sp³-hybridized carbons (Fsp3) is 0.500. The summed E-state index contributed by atoms with van der Waals surface area (Å²) < 4.78 is 0. The lowest BCUT2D eigenvalue weighted by Crippen LogP contribution is -2.34. The summed E-state index contributed by atoms with van der Waals surface area (Å²) in [6, 6.07) is 7.10. The molecule has 0 spiro atoms. The summed E-state index contributed by atoms with van der Waals surface area (Å²) >= 11 is 9.41. The summed E-state index contributed by atoms with van der Waals surface area (Å²) in [5.74, 6) is -0.104. The Morgan fingerprint density at radius 3 is 2.67 bits per heavy atom. The number of halogens is 2. The summed E-state index contributed by atoms with van der Waals surface area (Å²) in [6.07, 6.45) is 2.18. The van der Waals surface area contributed by atoms with Crippen LogP contribution in [0.4, 0.5) is 0 Å². The van der Waals surface area contributed by atoms with E-state index < -0.39 is 0 Å². The molecule has 0 bridgehead atoms. The zero-order valence-electron chi connectivity index (χ0n) is 10.8. The first-order chi connectivity index (χ1) is 8.46. The first-order valence-electron chi connectivity index (χ1n) is 6.05. The van der Waals surface area contributed by atoms with Crippen molar-refractivity contribution >= 4 is 33.4 Å². The van der Waals surface area contributed by atoms with Crippen LogP contribution in [0.2, 0.25) is 5.02 Å². The van der Waals surface area contributed by atoms with E-state index in [1.54, 1.807) is 12.1 Å². The Morgan fingerprint density at radius 1 is 1.39 bits per heavy atom. The molecule has 0 aliphatic heterocycles. The van der Waals surface area contributed by atoms with Crippen LogP contribution >= 0.6 is 27.5 Å². The number of benzene rings is 1. The molecule has 1 aromatic rings. The molecule has 1 N–H and O–H groups in total. The van der Waals surface area contributed by atoms with Crippen molar-refractivity contribution in [2.24, 2.45) is 5.41 Å². The molecule has 100 valence electrons. The average molecular weight is 333 g/mol. The maximum atomic E-state index is 12.0. The van der Waals surface area contributed by atoms with Gasteiger partial charge in [-0.2, -0.15) is 0 Å². The Hall–Kier alpha value is -0.540. The third-order valence-electron chi connectivity index (χ3n) is 2.83. The van der Waals surface area contributed by atoms with E-state index in [1.165, 1.54) is 0 Å². The van der Waals surface area contributed by atoms with Crippen LogP contribution in [-0.2, 0) is 0 Å². The molecule has 0 heterocycles. The van der Waals surface area contributed by atoms with Gasteiger partial charge in [0.2, 0.25) is 0 Å². The largest absolute Gasteiger partial charge is 0.351 e. The van der Waals surface area contributed by atoms with Gasteiger partial charge in [0.1, 0.15) is 0 Å². The van der Waals surface area contributed by atoms with Crippen molar-refractivity contribution in [3.05, 3.63) is 34.9 Å². The molecule has 0 aromatic heterocycles. The molecule has 0 saturated heterocycles. The number of hydrogen-bond donors (Lipinski definition) is 1. The first-order valence-corrected chi connectivity index (χ1v) is 7.55. The van der Waals surface area contributed by atoms with Crippen LogP contribution < -0.4 is 5.32 Å². The Labute approximate surface area is 122 Å². The molecule has 0 fully saturated rings. The molecule has 0 radical (unpaired) electrons. The minimum Gasteiger partial charge on any atom is -0.351 e. The van der Waals surface area contributed by atoms with Gasteiger partial charge in [-0.05, 0) is 30.4 Å². The first kappa shape index (κ1) is 15.5. The van der Waals surface area contributed by atoms with Gasteiger partial charge in [-0.15, -0.1) is 0 Å². The van der Waals surface area contributed by atoms with Crippen LogP contribution in [0.1, 0.15) is 37.0 Å². The van der Waals surface area contributed by atoms with Crippen molar-refractivity contribution in [2.75, 3.05) is 11.9 Å². The van der Waals surface area contributed by atoms with Crippen molar-refractivity contribution in [1.29, 1.82) is 0 Å².